The van der Waals surface area contributed by atoms with Gasteiger partial charge in [-0.05, 0) is 49.6 Å². The number of fused-ring (bicyclic) bond motifs is 3. The van der Waals surface area contributed by atoms with Gasteiger partial charge in [-0.3, -0.25) is 14.4 Å². The molecule has 4 aromatic rings. The number of aryl methyl sites for hydroxylation is 1. The van der Waals surface area contributed by atoms with Gasteiger partial charge >= 0.3 is 0 Å². The van der Waals surface area contributed by atoms with Gasteiger partial charge in [0.2, 0.25) is 5.91 Å². The molecule has 0 fully saturated rings. The first kappa shape index (κ1) is 31.2. The number of carbonyl (C=O) groups is 3. The van der Waals surface area contributed by atoms with Gasteiger partial charge in [0.05, 0.1) is 32.4 Å². The van der Waals surface area contributed by atoms with Crippen LogP contribution < -0.4 is 20.1 Å². The van der Waals surface area contributed by atoms with Crippen LogP contribution in [0.25, 0.3) is 11.3 Å². The first-order valence-corrected chi connectivity index (χ1v) is 14.8. The van der Waals surface area contributed by atoms with Gasteiger partial charge in [-0.2, -0.15) is 5.10 Å². The van der Waals surface area contributed by atoms with Gasteiger partial charge in [0, 0.05) is 29.8 Å². The smallest absolute Gasteiger partial charge is 0.254 e. The molecule has 3 heterocycles. The van der Waals surface area contributed by atoms with Gasteiger partial charge in [0.1, 0.15) is 18.3 Å². The van der Waals surface area contributed by atoms with Crippen molar-refractivity contribution in [3.8, 4) is 22.8 Å². The lowest BCUT2D eigenvalue weighted by Gasteiger charge is -2.26. The van der Waals surface area contributed by atoms with Crippen molar-refractivity contribution < 1.29 is 28.3 Å². The predicted octanol–water partition coefficient (Wildman–Crippen LogP) is 3.42. The number of amides is 3. The van der Waals surface area contributed by atoms with Gasteiger partial charge in [-0.1, -0.05) is 26.0 Å². The van der Waals surface area contributed by atoms with Crippen LogP contribution >= 0.6 is 0 Å². The van der Waals surface area contributed by atoms with E-state index in [2.05, 4.69) is 25.7 Å². The average Bonchev–Trinajstić information content (AvgIpc) is 3.70. The minimum atomic E-state index is -0.465. The van der Waals surface area contributed by atoms with Crippen molar-refractivity contribution >= 4 is 17.7 Å². The van der Waals surface area contributed by atoms with Gasteiger partial charge in [-0.15, -0.1) is 0 Å². The van der Waals surface area contributed by atoms with E-state index >= 15 is 0 Å². The summed E-state index contributed by atoms with van der Waals surface area (Å²) < 4.78 is 18.5. The lowest BCUT2D eigenvalue weighted by Crippen LogP contribution is -2.44. The van der Waals surface area contributed by atoms with Crippen molar-refractivity contribution in [1.82, 2.24) is 35.3 Å². The van der Waals surface area contributed by atoms with E-state index in [9.17, 15) is 14.4 Å². The molecule has 236 valence electrons. The summed E-state index contributed by atoms with van der Waals surface area (Å²) in [5.41, 5.74) is 1.59. The predicted molar refractivity (Wildman–Crippen MR) is 164 cm³/mol. The second kappa shape index (κ2) is 14.1. The summed E-state index contributed by atoms with van der Waals surface area (Å²) in [5.74, 6) is 1.66. The molecule has 45 heavy (non-hydrogen) atoms. The Morgan fingerprint density at radius 1 is 1.09 bits per heavy atom. The number of carbonyl (C=O) groups excluding carboxylic acids is 3. The molecule has 0 spiro atoms. The molecule has 2 N–H and O–H groups in total. The molecule has 13 heteroatoms. The molecule has 0 saturated heterocycles. The summed E-state index contributed by atoms with van der Waals surface area (Å²) in [4.78, 5) is 50.2. The fourth-order valence-corrected chi connectivity index (χ4v) is 5.11. The maximum atomic E-state index is 13.7. The lowest BCUT2D eigenvalue weighted by molar-refractivity contribution is -0.123. The summed E-state index contributed by atoms with van der Waals surface area (Å²) in [5, 5.41) is 10.5. The second-order valence-corrected chi connectivity index (χ2v) is 11.0. The minimum Gasteiger partial charge on any atom is -0.493 e. The fraction of sp³-hybridized carbons (Fsp3) is 0.375. The average molecular weight is 616 g/mol. The van der Waals surface area contributed by atoms with Crippen LogP contribution in [0.5, 0.6) is 11.5 Å². The molecule has 13 nitrogen and oxygen atoms in total. The number of hydrogen-bond acceptors (Lipinski definition) is 9. The van der Waals surface area contributed by atoms with E-state index in [-0.39, 0.29) is 49.9 Å². The summed E-state index contributed by atoms with van der Waals surface area (Å²) in [6.45, 7) is 6.65. The quantitative estimate of drug-likeness (QED) is 0.352. The Morgan fingerprint density at radius 2 is 1.87 bits per heavy atom. The maximum absolute atomic E-state index is 13.7. The van der Waals surface area contributed by atoms with Gasteiger partial charge in [-0.25, -0.2) is 14.6 Å². The van der Waals surface area contributed by atoms with E-state index in [0.29, 0.717) is 53.0 Å². The highest BCUT2D eigenvalue weighted by Crippen LogP contribution is 2.28. The van der Waals surface area contributed by atoms with Crippen LogP contribution in [-0.4, -0.2) is 75.7 Å². The van der Waals surface area contributed by atoms with E-state index in [0.717, 1.165) is 5.56 Å². The van der Waals surface area contributed by atoms with Crippen molar-refractivity contribution in [3.63, 3.8) is 0 Å². The Labute approximate surface area is 260 Å². The van der Waals surface area contributed by atoms with E-state index < -0.39 is 6.04 Å². The summed E-state index contributed by atoms with van der Waals surface area (Å²) in [7, 11) is 1.53. The molecule has 5 rings (SSSR count). The van der Waals surface area contributed by atoms with Gasteiger partial charge < -0.3 is 29.4 Å². The molecule has 2 aromatic carbocycles. The monoisotopic (exact) mass is 615 g/mol. The van der Waals surface area contributed by atoms with Crippen molar-refractivity contribution in [2.75, 3.05) is 33.4 Å². The number of oxazole rings is 1. The highest BCUT2D eigenvalue weighted by Gasteiger charge is 2.27. The van der Waals surface area contributed by atoms with Crippen LogP contribution in [0.15, 0.2) is 59.5 Å². The highest BCUT2D eigenvalue weighted by molar-refractivity contribution is 5.97. The highest BCUT2D eigenvalue weighted by atomic mass is 16.5. The van der Waals surface area contributed by atoms with Crippen LogP contribution in [0.1, 0.15) is 58.7 Å². The number of benzene rings is 2. The SMILES string of the molecule is COc1ccc2cc1OCCn1nc(C)nc1[C@H](C(C)C)NC(=O)CN(C(=O)c1ccc(-c3cnco3)cc1)CCCNC2=O. The number of nitrogens with zero attached hydrogens (tertiary/aromatic N) is 5. The number of methoxy groups -OCH3 is 1. The first-order valence-electron chi connectivity index (χ1n) is 14.8. The van der Waals surface area contributed by atoms with Crippen LogP contribution in [0, 0.1) is 12.8 Å². The molecule has 0 unspecified atom stereocenters. The van der Waals surface area contributed by atoms with Crippen LogP contribution in [0.2, 0.25) is 0 Å². The zero-order chi connectivity index (χ0) is 31.9. The van der Waals surface area contributed by atoms with E-state index in [1.165, 1.54) is 18.4 Å². The maximum Gasteiger partial charge on any atom is 0.254 e. The summed E-state index contributed by atoms with van der Waals surface area (Å²) in [6, 6.07) is 11.4. The third-order valence-corrected chi connectivity index (χ3v) is 7.41. The zero-order valence-electron chi connectivity index (χ0n) is 25.8. The number of aromatic nitrogens is 4. The zero-order valence-corrected chi connectivity index (χ0v) is 25.8. The molecular formula is C32H37N7O6. The number of ether oxygens (including phenoxy) is 2. The van der Waals surface area contributed by atoms with E-state index in [1.807, 2.05) is 13.8 Å². The number of rotatable bonds is 4. The standard InChI is InChI=1S/C32H37N7O6/c1-20(2)29-30-35-21(3)37-39(30)14-15-44-26-16-24(10-11-25(26)43-4)31(41)34-12-5-13-38(18-28(40)36-29)32(42)23-8-6-22(7-9-23)27-17-33-19-45-27/h6-11,16-17,19-20,29H,5,12-15,18H2,1-4H3,(H,34,41)(H,36,40)/t29-/m0/s1. The molecule has 1 aliphatic rings. The lowest BCUT2D eigenvalue weighted by atomic mass is 10.0. The Kier molecular flexibility index (Phi) is 9.76. The molecule has 1 aliphatic heterocycles. The molecule has 0 saturated carbocycles. The second-order valence-electron chi connectivity index (χ2n) is 11.0. The first-order chi connectivity index (χ1) is 21.7. The molecule has 0 aliphatic carbocycles. The minimum absolute atomic E-state index is 0.0254. The number of hydrogen-bond donors (Lipinski definition) is 2. The van der Waals surface area contributed by atoms with Crippen molar-refractivity contribution in [2.24, 2.45) is 5.92 Å². The van der Waals surface area contributed by atoms with Crippen molar-refractivity contribution in [1.29, 1.82) is 0 Å². The fourth-order valence-electron chi connectivity index (χ4n) is 5.11. The van der Waals surface area contributed by atoms with Crippen molar-refractivity contribution in [2.45, 2.75) is 39.8 Å². The van der Waals surface area contributed by atoms with E-state index in [4.69, 9.17) is 13.9 Å². The van der Waals surface area contributed by atoms with Crippen molar-refractivity contribution in [3.05, 3.63) is 77.8 Å². The Balaban J connectivity index is 1.43. The summed E-state index contributed by atoms with van der Waals surface area (Å²) in [6.07, 6.45) is 3.36. The topological polar surface area (TPSA) is 154 Å². The van der Waals surface area contributed by atoms with Crippen LogP contribution in [-0.2, 0) is 11.3 Å². The number of nitrogens with one attached hydrogen (secondary N) is 2. The van der Waals surface area contributed by atoms with Gasteiger partial charge in [0.25, 0.3) is 11.8 Å². The third-order valence-electron chi connectivity index (χ3n) is 7.41. The molecule has 2 aromatic heterocycles. The molecule has 2 bridgehead atoms. The summed E-state index contributed by atoms with van der Waals surface area (Å²) >= 11 is 0. The third kappa shape index (κ3) is 7.48. The molecule has 3 amide bonds. The molecular weight excluding hydrogens is 578 g/mol. The Hall–Kier alpha value is -5.20. The largest absolute Gasteiger partial charge is 0.493 e. The normalized spacial score (nSPS) is 16.6. The Morgan fingerprint density at radius 3 is 2.58 bits per heavy atom. The van der Waals surface area contributed by atoms with Gasteiger partial charge in [0.15, 0.2) is 23.7 Å². The molecule has 1 atom stereocenters. The molecule has 0 radical (unpaired) electrons. The van der Waals surface area contributed by atoms with Crippen LogP contribution in [0.4, 0.5) is 0 Å². The van der Waals surface area contributed by atoms with E-state index in [1.54, 1.807) is 60.3 Å². The van der Waals surface area contributed by atoms with Crippen LogP contribution in [0.3, 0.4) is 0 Å². The Bertz CT molecular complexity index is 1630.